The summed E-state index contributed by atoms with van der Waals surface area (Å²) in [6.45, 7) is 4.54. The number of aromatic nitrogens is 4. The molecular formula is C21H25N7O2. The molecule has 3 rings (SSSR count). The number of hydrogen-bond acceptors (Lipinski definition) is 8. The lowest BCUT2D eigenvalue weighted by Gasteiger charge is -2.09. The zero-order chi connectivity index (χ0) is 21.3. The van der Waals surface area contributed by atoms with E-state index in [-0.39, 0.29) is 11.9 Å². The molecule has 2 heterocycles. The van der Waals surface area contributed by atoms with Crippen molar-refractivity contribution in [2.24, 2.45) is 0 Å². The average molecular weight is 407 g/mol. The van der Waals surface area contributed by atoms with Crippen LogP contribution < -0.4 is 21.1 Å². The highest BCUT2D eigenvalue weighted by molar-refractivity contribution is 5.72. The molecule has 30 heavy (non-hydrogen) atoms. The van der Waals surface area contributed by atoms with Crippen molar-refractivity contribution in [2.75, 3.05) is 17.6 Å². The van der Waals surface area contributed by atoms with Gasteiger partial charge < -0.3 is 21.1 Å². The zero-order valence-electron chi connectivity index (χ0n) is 17.1. The highest BCUT2D eigenvalue weighted by Crippen LogP contribution is 2.21. The molecule has 3 aromatic rings. The summed E-state index contributed by atoms with van der Waals surface area (Å²) in [4.78, 5) is 27.8. The summed E-state index contributed by atoms with van der Waals surface area (Å²) in [7, 11) is 0. The van der Waals surface area contributed by atoms with Crippen LogP contribution in [0.5, 0.6) is 11.6 Å². The largest absolute Gasteiger partial charge is 0.439 e. The van der Waals surface area contributed by atoms with E-state index < -0.39 is 0 Å². The molecule has 0 saturated heterocycles. The Hall–Kier alpha value is -3.75. The molecule has 0 fully saturated rings. The van der Waals surface area contributed by atoms with Gasteiger partial charge in [-0.15, -0.1) is 0 Å². The van der Waals surface area contributed by atoms with E-state index in [4.69, 9.17) is 10.5 Å². The van der Waals surface area contributed by atoms with Crippen LogP contribution in [0.1, 0.15) is 30.7 Å². The van der Waals surface area contributed by atoms with Crippen LogP contribution >= 0.6 is 0 Å². The predicted octanol–water partition coefficient (Wildman–Crippen LogP) is 2.49. The second-order valence-electron chi connectivity index (χ2n) is 6.66. The third-order valence-electron chi connectivity index (χ3n) is 4.25. The zero-order valence-corrected chi connectivity index (χ0v) is 17.1. The van der Waals surface area contributed by atoms with E-state index in [1.807, 2.05) is 24.3 Å². The van der Waals surface area contributed by atoms with Crippen molar-refractivity contribution in [3.8, 4) is 11.6 Å². The molecule has 9 nitrogen and oxygen atoms in total. The van der Waals surface area contributed by atoms with Gasteiger partial charge in [0.05, 0.1) is 12.2 Å². The van der Waals surface area contributed by atoms with Gasteiger partial charge in [-0.3, -0.25) is 4.79 Å². The normalized spacial score (nSPS) is 10.5. The van der Waals surface area contributed by atoms with Crippen molar-refractivity contribution < 1.29 is 9.53 Å². The molecule has 9 heteroatoms. The maximum absolute atomic E-state index is 10.9. The van der Waals surface area contributed by atoms with E-state index in [0.717, 1.165) is 24.0 Å². The summed E-state index contributed by atoms with van der Waals surface area (Å²) < 4.78 is 5.82. The van der Waals surface area contributed by atoms with Crippen LogP contribution in [0, 0.1) is 0 Å². The summed E-state index contributed by atoms with van der Waals surface area (Å²) in [5.41, 5.74) is 8.65. The van der Waals surface area contributed by atoms with E-state index in [0.29, 0.717) is 36.4 Å². The van der Waals surface area contributed by atoms with Gasteiger partial charge in [0.15, 0.2) is 0 Å². The molecule has 0 aliphatic heterocycles. The smallest absolute Gasteiger partial charge is 0.224 e. The molecule has 0 saturated carbocycles. The first-order valence-electron chi connectivity index (χ1n) is 9.71. The molecule has 0 unspecified atom stereocenters. The molecule has 156 valence electrons. The molecule has 1 aromatic carbocycles. The van der Waals surface area contributed by atoms with E-state index in [9.17, 15) is 4.79 Å². The number of carbonyl (C=O) groups is 1. The Morgan fingerprint density at radius 1 is 1.10 bits per heavy atom. The number of nitrogens with one attached hydrogen (secondary N) is 2. The number of hydrogen-bond donors (Lipinski definition) is 3. The molecule has 0 atom stereocenters. The van der Waals surface area contributed by atoms with E-state index in [1.165, 1.54) is 6.92 Å². The van der Waals surface area contributed by atoms with Gasteiger partial charge in [-0.05, 0) is 36.1 Å². The highest BCUT2D eigenvalue weighted by Gasteiger charge is 2.06. The quantitative estimate of drug-likeness (QED) is 0.494. The lowest BCUT2D eigenvalue weighted by Crippen LogP contribution is -2.22. The Morgan fingerprint density at radius 2 is 1.83 bits per heavy atom. The van der Waals surface area contributed by atoms with Crippen LogP contribution in [0.4, 0.5) is 11.9 Å². The Labute approximate surface area is 175 Å². The van der Waals surface area contributed by atoms with Crippen molar-refractivity contribution in [1.82, 2.24) is 25.3 Å². The molecule has 0 bridgehead atoms. The fraction of sp³-hybridized carbons (Fsp3) is 0.286. The average Bonchev–Trinajstić information content (AvgIpc) is 2.73. The molecule has 4 N–H and O–H groups in total. The van der Waals surface area contributed by atoms with Crippen molar-refractivity contribution in [1.29, 1.82) is 0 Å². The van der Waals surface area contributed by atoms with Crippen LogP contribution in [-0.4, -0.2) is 32.4 Å². The Bertz CT molecular complexity index is 976. The fourth-order valence-electron chi connectivity index (χ4n) is 2.66. The number of ether oxygens (including phenoxy) is 1. The van der Waals surface area contributed by atoms with Crippen molar-refractivity contribution >= 4 is 17.8 Å². The number of nitrogen functional groups attached to an aromatic ring is 1. The minimum Gasteiger partial charge on any atom is -0.439 e. The third kappa shape index (κ3) is 6.40. The number of carbonyl (C=O) groups excluding carboxylic acids is 1. The number of nitrogens with zero attached hydrogens (tertiary/aromatic N) is 4. The van der Waals surface area contributed by atoms with Gasteiger partial charge >= 0.3 is 0 Å². The number of amides is 1. The summed E-state index contributed by atoms with van der Waals surface area (Å²) in [5.74, 6) is 1.59. The fourth-order valence-corrected chi connectivity index (χ4v) is 2.66. The van der Waals surface area contributed by atoms with Gasteiger partial charge in [-0.1, -0.05) is 19.1 Å². The first-order valence-corrected chi connectivity index (χ1v) is 9.71. The first-order chi connectivity index (χ1) is 14.5. The Morgan fingerprint density at radius 3 is 2.50 bits per heavy atom. The van der Waals surface area contributed by atoms with Crippen LogP contribution in [0.25, 0.3) is 0 Å². The van der Waals surface area contributed by atoms with E-state index in [2.05, 4.69) is 37.5 Å². The van der Waals surface area contributed by atoms with Crippen molar-refractivity contribution in [3.05, 3.63) is 59.5 Å². The van der Waals surface area contributed by atoms with Gasteiger partial charge in [-0.2, -0.15) is 4.98 Å². The maximum atomic E-state index is 10.9. The third-order valence-corrected chi connectivity index (χ3v) is 4.25. The van der Waals surface area contributed by atoms with Crippen LogP contribution in [-0.2, 0) is 24.2 Å². The maximum Gasteiger partial charge on any atom is 0.224 e. The number of anilines is 2. The van der Waals surface area contributed by atoms with E-state index in [1.54, 1.807) is 18.5 Å². The van der Waals surface area contributed by atoms with Gasteiger partial charge in [0.25, 0.3) is 0 Å². The number of nitrogens with two attached hydrogens (primary N) is 1. The molecule has 1 amide bonds. The second kappa shape index (κ2) is 10.1. The number of rotatable bonds is 9. The lowest BCUT2D eigenvalue weighted by molar-refractivity contribution is -0.118. The topological polar surface area (TPSA) is 128 Å². The summed E-state index contributed by atoms with van der Waals surface area (Å²) in [6, 6.07) is 9.31. The second-order valence-corrected chi connectivity index (χ2v) is 6.66. The lowest BCUT2D eigenvalue weighted by atomic mass is 10.1. The summed E-state index contributed by atoms with van der Waals surface area (Å²) in [6.07, 6.45) is 5.22. The van der Waals surface area contributed by atoms with Gasteiger partial charge in [0, 0.05) is 31.9 Å². The minimum absolute atomic E-state index is 0.0360. The number of benzene rings is 1. The molecule has 0 spiro atoms. The first kappa shape index (κ1) is 21.0. The van der Waals surface area contributed by atoms with Crippen LogP contribution in [0.15, 0.2) is 42.7 Å². The SMILES string of the molecule is CCc1cnc(NCc2cc(Oc3ccc(CCNC(C)=O)cc3)nc(N)n2)nc1. The van der Waals surface area contributed by atoms with Crippen molar-refractivity contribution in [3.63, 3.8) is 0 Å². The predicted molar refractivity (Wildman–Crippen MR) is 114 cm³/mol. The molecular weight excluding hydrogens is 382 g/mol. The number of aryl methyl sites for hydroxylation is 1. The summed E-state index contributed by atoms with van der Waals surface area (Å²) >= 11 is 0. The van der Waals surface area contributed by atoms with E-state index >= 15 is 0 Å². The molecule has 0 aliphatic carbocycles. The molecule has 0 radical (unpaired) electrons. The standard InChI is InChI=1S/C21H25N7O2/c1-3-15-11-24-21(25-12-15)26-13-17-10-19(28-20(22)27-17)30-18-6-4-16(5-7-18)8-9-23-14(2)29/h4-7,10-12H,3,8-9,13H2,1-2H3,(H,23,29)(H2,22,27,28)(H,24,25,26). The minimum atomic E-state index is -0.0360. The Kier molecular flexibility index (Phi) is 7.09. The molecule has 2 aromatic heterocycles. The van der Waals surface area contributed by atoms with Crippen LogP contribution in [0.2, 0.25) is 0 Å². The monoisotopic (exact) mass is 407 g/mol. The Balaban J connectivity index is 1.59. The summed E-state index contributed by atoms with van der Waals surface area (Å²) in [5, 5.41) is 5.89. The van der Waals surface area contributed by atoms with Gasteiger partial charge in [0.2, 0.25) is 23.7 Å². The van der Waals surface area contributed by atoms with Gasteiger partial charge in [0.1, 0.15) is 5.75 Å². The van der Waals surface area contributed by atoms with Crippen LogP contribution in [0.3, 0.4) is 0 Å². The molecule has 0 aliphatic rings. The highest BCUT2D eigenvalue weighted by atomic mass is 16.5. The van der Waals surface area contributed by atoms with Crippen molar-refractivity contribution in [2.45, 2.75) is 33.2 Å². The van der Waals surface area contributed by atoms with Gasteiger partial charge in [-0.25, -0.2) is 15.0 Å².